The quantitative estimate of drug-likeness (QED) is 0.201. The molecule has 0 saturated carbocycles. The van der Waals surface area contributed by atoms with Crippen molar-refractivity contribution in [1.29, 1.82) is 0 Å². The number of carbonyl (C=O) groups is 1. The van der Waals surface area contributed by atoms with Gasteiger partial charge in [-0.1, -0.05) is 6.92 Å². The molecule has 0 aromatic rings. The first-order valence-electron chi connectivity index (χ1n) is 10.8. The van der Waals surface area contributed by atoms with E-state index in [0.717, 1.165) is 12.8 Å². The van der Waals surface area contributed by atoms with Gasteiger partial charge in [-0.15, -0.1) is 0 Å². The Morgan fingerprint density at radius 3 is 1.70 bits per heavy atom. The molecule has 0 radical (unpaired) electrons. The summed E-state index contributed by atoms with van der Waals surface area (Å²) in [4.78, 5) is 12.1. The predicted molar refractivity (Wildman–Crippen MR) is 115 cm³/mol. The van der Waals surface area contributed by atoms with Gasteiger partial charge in [0, 0.05) is 79.5 Å². The maximum Gasteiger partial charge on any atom is 0.305 e. The number of ether oxygens (including phenoxy) is 7. The highest BCUT2D eigenvalue weighted by atomic mass is 16.6. The van der Waals surface area contributed by atoms with E-state index in [2.05, 4.69) is 0 Å². The summed E-state index contributed by atoms with van der Waals surface area (Å²) in [6.45, 7) is 5.79. The maximum atomic E-state index is 12.1. The summed E-state index contributed by atoms with van der Waals surface area (Å²) in [5.74, 6) is 0.0867. The first-order chi connectivity index (χ1) is 14.6. The topological polar surface area (TPSA) is 81.7 Å². The summed E-state index contributed by atoms with van der Waals surface area (Å²) in [6, 6.07) is 0. The van der Waals surface area contributed by atoms with E-state index < -0.39 is 0 Å². The zero-order valence-electron chi connectivity index (χ0n) is 19.9. The number of hydrogen-bond acceptors (Lipinski definition) is 8. The normalized spacial score (nSPS) is 15.5. The van der Waals surface area contributed by atoms with Gasteiger partial charge in [-0.2, -0.15) is 0 Å². The molecule has 0 fully saturated rings. The molecule has 4 unspecified atom stereocenters. The molecule has 0 aliphatic carbocycles. The minimum atomic E-state index is -0.320. The monoisotopic (exact) mass is 436 g/mol. The lowest BCUT2D eigenvalue weighted by Crippen LogP contribution is -2.39. The van der Waals surface area contributed by atoms with Crippen LogP contribution in [0, 0.1) is 17.8 Å². The second-order valence-electron chi connectivity index (χ2n) is 7.49. The van der Waals surface area contributed by atoms with Crippen LogP contribution < -0.4 is 0 Å². The van der Waals surface area contributed by atoms with Crippen LogP contribution in [0.3, 0.4) is 0 Å². The fourth-order valence-electron chi connectivity index (χ4n) is 3.41. The Morgan fingerprint density at radius 1 is 0.667 bits per heavy atom. The fraction of sp³-hybridized carbons (Fsp3) is 0.955. The van der Waals surface area contributed by atoms with Gasteiger partial charge in [-0.25, -0.2) is 0 Å². The molecule has 0 aromatic heterocycles. The molecule has 0 bridgehead atoms. The van der Waals surface area contributed by atoms with Gasteiger partial charge in [-0.3, -0.25) is 4.79 Å². The number of esters is 1. The van der Waals surface area contributed by atoms with E-state index in [-0.39, 0.29) is 29.8 Å². The van der Waals surface area contributed by atoms with Crippen molar-refractivity contribution < 1.29 is 38.0 Å². The summed E-state index contributed by atoms with van der Waals surface area (Å²) >= 11 is 0. The zero-order chi connectivity index (χ0) is 22.6. The molecule has 0 aliphatic rings. The molecule has 0 rings (SSSR count). The van der Waals surface area contributed by atoms with Crippen LogP contribution in [0.25, 0.3) is 0 Å². The number of rotatable bonds is 21. The third kappa shape index (κ3) is 13.5. The molecule has 4 atom stereocenters. The molecule has 180 valence electrons. The van der Waals surface area contributed by atoms with Gasteiger partial charge in [0.2, 0.25) is 0 Å². The highest BCUT2D eigenvalue weighted by Gasteiger charge is 2.32. The van der Waals surface area contributed by atoms with Crippen molar-refractivity contribution in [3.05, 3.63) is 0 Å². The second-order valence-corrected chi connectivity index (χ2v) is 7.49. The van der Waals surface area contributed by atoms with Gasteiger partial charge in [0.25, 0.3) is 0 Å². The van der Waals surface area contributed by atoms with Gasteiger partial charge in [0.1, 0.15) is 6.10 Å². The van der Waals surface area contributed by atoms with Crippen LogP contribution in [0.4, 0.5) is 0 Å². The first-order valence-corrected chi connectivity index (χ1v) is 10.8. The standard InChI is InChI=1S/C22H44O8/c1-7-21(23)30-22(19(16-27-5)9-12-25-3)20(17-28-6)10-13-29-15-18(14-26-4)8-11-24-2/h18-20,22H,7-17H2,1-6H3. The largest absolute Gasteiger partial charge is 0.462 e. The lowest BCUT2D eigenvalue weighted by atomic mass is 9.87. The van der Waals surface area contributed by atoms with E-state index in [1.807, 2.05) is 0 Å². The van der Waals surface area contributed by atoms with Gasteiger partial charge >= 0.3 is 5.97 Å². The van der Waals surface area contributed by atoms with Crippen LogP contribution in [-0.2, 0) is 38.0 Å². The fourth-order valence-corrected chi connectivity index (χ4v) is 3.41. The highest BCUT2D eigenvalue weighted by molar-refractivity contribution is 5.69. The number of hydrogen-bond donors (Lipinski definition) is 0. The highest BCUT2D eigenvalue weighted by Crippen LogP contribution is 2.25. The number of methoxy groups -OCH3 is 5. The van der Waals surface area contributed by atoms with Crippen molar-refractivity contribution in [2.45, 2.75) is 38.7 Å². The van der Waals surface area contributed by atoms with Gasteiger partial charge < -0.3 is 33.2 Å². The Balaban J connectivity index is 5.00. The molecule has 8 heteroatoms. The van der Waals surface area contributed by atoms with Gasteiger partial charge in [0.15, 0.2) is 0 Å². The minimum absolute atomic E-state index is 0.00218. The molecule has 30 heavy (non-hydrogen) atoms. The van der Waals surface area contributed by atoms with Crippen molar-refractivity contribution in [2.75, 3.05) is 81.8 Å². The molecule has 0 heterocycles. The maximum absolute atomic E-state index is 12.1. The summed E-state index contributed by atoms with van der Waals surface area (Å²) in [5, 5.41) is 0. The summed E-state index contributed by atoms with van der Waals surface area (Å²) in [6.07, 6.45) is 2.34. The summed E-state index contributed by atoms with van der Waals surface area (Å²) < 4.78 is 38.3. The molecule has 0 N–H and O–H groups in total. The van der Waals surface area contributed by atoms with Crippen LogP contribution >= 0.6 is 0 Å². The van der Waals surface area contributed by atoms with Crippen molar-refractivity contribution in [2.24, 2.45) is 17.8 Å². The number of carbonyl (C=O) groups excluding carboxylic acids is 1. The molecular formula is C22H44O8. The van der Waals surface area contributed by atoms with E-state index in [4.69, 9.17) is 33.2 Å². The summed E-state index contributed by atoms with van der Waals surface area (Å²) in [7, 11) is 8.36. The minimum Gasteiger partial charge on any atom is -0.462 e. The molecule has 0 saturated heterocycles. The van der Waals surface area contributed by atoms with E-state index in [0.29, 0.717) is 59.1 Å². The Bertz CT molecular complexity index is 393. The van der Waals surface area contributed by atoms with Crippen molar-refractivity contribution in [3.8, 4) is 0 Å². The van der Waals surface area contributed by atoms with Crippen molar-refractivity contribution >= 4 is 5.97 Å². The smallest absolute Gasteiger partial charge is 0.305 e. The molecule has 0 spiro atoms. The molecule has 8 nitrogen and oxygen atoms in total. The zero-order valence-corrected chi connectivity index (χ0v) is 19.9. The second kappa shape index (κ2) is 20.2. The van der Waals surface area contributed by atoms with E-state index in [9.17, 15) is 4.79 Å². The SMILES string of the molecule is CCC(=O)OC(C(CCOC)COC)C(CCOCC(CCOC)COC)COC. The molecule has 0 aromatic carbocycles. The van der Waals surface area contributed by atoms with Crippen LogP contribution in [-0.4, -0.2) is 93.9 Å². The van der Waals surface area contributed by atoms with Crippen molar-refractivity contribution in [3.63, 3.8) is 0 Å². The lowest BCUT2D eigenvalue weighted by molar-refractivity contribution is -0.159. The van der Waals surface area contributed by atoms with E-state index in [1.54, 1.807) is 42.5 Å². The summed E-state index contributed by atoms with van der Waals surface area (Å²) in [5.41, 5.74) is 0. The van der Waals surface area contributed by atoms with Crippen LogP contribution in [0.5, 0.6) is 0 Å². The average molecular weight is 437 g/mol. The van der Waals surface area contributed by atoms with Crippen LogP contribution in [0.2, 0.25) is 0 Å². The Labute approximate surface area is 182 Å². The third-order valence-electron chi connectivity index (χ3n) is 5.06. The molecule has 0 aliphatic heterocycles. The Hall–Kier alpha value is -0.770. The Kier molecular flexibility index (Phi) is 19.6. The van der Waals surface area contributed by atoms with Gasteiger partial charge in [-0.05, 0) is 19.3 Å². The average Bonchev–Trinajstić information content (AvgIpc) is 2.75. The third-order valence-corrected chi connectivity index (χ3v) is 5.06. The van der Waals surface area contributed by atoms with Crippen molar-refractivity contribution in [1.82, 2.24) is 0 Å². The van der Waals surface area contributed by atoms with Crippen LogP contribution in [0.1, 0.15) is 32.6 Å². The van der Waals surface area contributed by atoms with Gasteiger partial charge in [0.05, 0.1) is 26.4 Å². The van der Waals surface area contributed by atoms with E-state index in [1.165, 1.54) is 0 Å². The first kappa shape index (κ1) is 29.2. The predicted octanol–water partition coefficient (Wildman–Crippen LogP) is 2.58. The van der Waals surface area contributed by atoms with E-state index >= 15 is 0 Å². The molecule has 0 amide bonds. The molecular weight excluding hydrogens is 392 g/mol. The lowest BCUT2D eigenvalue weighted by Gasteiger charge is -2.33. The van der Waals surface area contributed by atoms with Crippen LogP contribution in [0.15, 0.2) is 0 Å². The Morgan fingerprint density at radius 2 is 1.20 bits per heavy atom.